The fourth-order valence-corrected chi connectivity index (χ4v) is 7.73. The summed E-state index contributed by atoms with van der Waals surface area (Å²) >= 11 is 1.93. The number of benzene rings is 3. The van der Waals surface area contributed by atoms with Gasteiger partial charge in [-0.1, -0.05) is 51.5 Å². The maximum Gasteiger partial charge on any atom is 0.155 e. The molecular weight excluding hydrogens is 715 g/mol. The molecule has 0 unspecified atom stereocenters. The van der Waals surface area contributed by atoms with Crippen LogP contribution in [0, 0.1) is 26.8 Å². The zero-order valence-electron chi connectivity index (χ0n) is 25.8. The van der Waals surface area contributed by atoms with Crippen LogP contribution in [0.2, 0.25) is 0 Å². The minimum Gasteiger partial charge on any atom is -0.512 e. The number of hydrogen-bond donors (Lipinski definition) is 1. The van der Waals surface area contributed by atoms with E-state index in [2.05, 4.69) is 103 Å². The number of pyridine rings is 1. The fraction of sp³-hybridized carbons (Fsp3) is 0.297. The van der Waals surface area contributed by atoms with Crippen LogP contribution in [0.3, 0.4) is 0 Å². The van der Waals surface area contributed by atoms with Crippen molar-refractivity contribution in [2.45, 2.75) is 73.6 Å². The topological polar surface area (TPSA) is 50.2 Å². The van der Waals surface area contributed by atoms with Gasteiger partial charge in [-0.3, -0.25) is 9.78 Å². The van der Waals surface area contributed by atoms with Crippen molar-refractivity contribution in [2.24, 2.45) is 0 Å². The molecule has 1 aliphatic rings. The normalized spacial score (nSPS) is 13.4. The first-order valence-corrected chi connectivity index (χ1v) is 15.0. The Kier molecular flexibility index (Phi) is 9.00. The van der Waals surface area contributed by atoms with E-state index in [0.717, 1.165) is 16.8 Å². The number of rotatable bonds is 3. The molecule has 2 heterocycles. The Hall–Kier alpha value is -3.11. The first-order chi connectivity index (χ1) is 19.3. The van der Waals surface area contributed by atoms with Crippen molar-refractivity contribution >= 4 is 38.1 Å². The Morgan fingerprint density at radius 1 is 1.00 bits per heavy atom. The molecule has 0 bridgehead atoms. The number of fused-ring (bicyclic) bond motifs is 6. The van der Waals surface area contributed by atoms with Gasteiger partial charge in [-0.2, -0.15) is 0 Å². The number of hydrogen-bond acceptors (Lipinski definition) is 4. The molecule has 0 atom stereocenters. The van der Waals surface area contributed by atoms with Crippen LogP contribution in [0.1, 0.15) is 80.8 Å². The quantitative estimate of drug-likeness (QED) is 0.113. The van der Waals surface area contributed by atoms with E-state index in [9.17, 15) is 4.79 Å². The van der Waals surface area contributed by atoms with Gasteiger partial charge >= 0.3 is 0 Å². The number of carbonyl (C=O) groups excluding carboxylic acids is 1. The molecule has 1 N–H and O–H groups in total. The summed E-state index contributed by atoms with van der Waals surface area (Å²) in [4.78, 5) is 16.6. The minimum absolute atomic E-state index is 0. The number of allylic oxidation sites excluding steroid dienone is 2. The molecule has 3 aromatic carbocycles. The van der Waals surface area contributed by atoms with Crippen molar-refractivity contribution in [3.05, 3.63) is 99.8 Å². The number of aliphatic hydroxyl groups excluding tert-OH is 1. The smallest absolute Gasteiger partial charge is 0.155 e. The molecule has 3 nitrogen and oxygen atoms in total. The average Bonchev–Trinajstić information content (AvgIpc) is 3.36. The number of carbonyl (C=O) groups is 1. The molecule has 5 aromatic rings. The molecule has 0 aliphatic heterocycles. The van der Waals surface area contributed by atoms with Crippen LogP contribution >= 0.6 is 11.3 Å². The maximum absolute atomic E-state index is 10.0. The number of thiophene rings is 1. The van der Waals surface area contributed by atoms with Crippen LogP contribution in [0.15, 0.2) is 60.4 Å². The predicted octanol–water partition coefficient (Wildman–Crippen LogP) is 10.3. The van der Waals surface area contributed by atoms with Crippen LogP contribution in [0.5, 0.6) is 0 Å². The second kappa shape index (κ2) is 11.9. The van der Waals surface area contributed by atoms with Gasteiger partial charge in [-0.25, -0.2) is 0 Å². The molecule has 2 aromatic heterocycles. The SMILES string of the molecule is CC(=O)/C=C(/C)O.Cc1cc(C)c2c(C)cc(-c3[c-]ccc4c3C(C)(C)c3c-4sc4ccc(C(C)C)cc34)nc2c1.[Ir]. The minimum atomic E-state index is -0.125. The second-order valence-corrected chi connectivity index (χ2v) is 13.2. The monoisotopic (exact) mass is 753 g/mol. The van der Waals surface area contributed by atoms with Gasteiger partial charge in [-0.05, 0) is 103 Å². The molecule has 1 radical (unpaired) electrons. The van der Waals surface area contributed by atoms with Crippen LogP contribution in [-0.4, -0.2) is 15.9 Å². The summed E-state index contributed by atoms with van der Waals surface area (Å²) in [6.45, 7) is 18.7. The molecule has 0 amide bonds. The molecule has 1 aliphatic carbocycles. The van der Waals surface area contributed by atoms with E-state index >= 15 is 0 Å². The van der Waals surface area contributed by atoms with Crippen LogP contribution in [-0.2, 0) is 30.3 Å². The molecule has 0 fully saturated rings. The van der Waals surface area contributed by atoms with E-state index in [1.807, 2.05) is 11.3 Å². The van der Waals surface area contributed by atoms with Crippen LogP contribution in [0.25, 0.3) is 42.7 Å². The zero-order valence-corrected chi connectivity index (χ0v) is 29.0. The van der Waals surface area contributed by atoms with E-state index in [-0.39, 0.29) is 37.1 Å². The summed E-state index contributed by atoms with van der Waals surface area (Å²) in [7, 11) is 0. The molecule has 6 rings (SSSR count). The summed E-state index contributed by atoms with van der Waals surface area (Å²) in [5.41, 5.74) is 12.6. The molecule has 0 spiro atoms. The summed E-state index contributed by atoms with van der Waals surface area (Å²) < 4.78 is 1.38. The van der Waals surface area contributed by atoms with E-state index in [1.165, 1.54) is 79.2 Å². The Morgan fingerprint density at radius 3 is 2.31 bits per heavy atom. The largest absolute Gasteiger partial charge is 0.512 e. The average molecular weight is 753 g/mol. The van der Waals surface area contributed by atoms with E-state index in [4.69, 9.17) is 10.1 Å². The number of aliphatic hydroxyl groups is 1. The molecule has 0 saturated carbocycles. The third-order valence-corrected chi connectivity index (χ3v) is 9.19. The number of aryl methyl sites for hydroxylation is 3. The number of nitrogens with zero attached hydrogens (tertiary/aromatic N) is 1. The van der Waals surface area contributed by atoms with Gasteiger partial charge in [0.2, 0.25) is 0 Å². The van der Waals surface area contributed by atoms with Gasteiger partial charge in [0, 0.05) is 41.1 Å². The van der Waals surface area contributed by atoms with Gasteiger partial charge in [0.25, 0.3) is 0 Å². The molecule has 219 valence electrons. The summed E-state index contributed by atoms with van der Waals surface area (Å²) in [6, 6.07) is 21.7. The Balaban J connectivity index is 0.000000454. The molecular formula is C37H38IrNO2S-. The zero-order chi connectivity index (χ0) is 29.8. The standard InChI is InChI=1S/C32H30NS.C5H8O2.Ir/c1-17(2)21-11-12-27-24(16-21)30-31(34-27)23-10-8-9-22(29(23)32(30,6)7)25-15-20(5)28-19(4)13-18(3)14-26(28)33-25;1-4(6)3-5(2)7;/h8,10-17H,1-7H3;3,6H,1-2H3;/q-1;;/b;4-3-;. The van der Waals surface area contributed by atoms with Crippen LogP contribution in [0.4, 0.5) is 0 Å². The Morgan fingerprint density at radius 2 is 1.69 bits per heavy atom. The summed E-state index contributed by atoms with van der Waals surface area (Å²) in [6.07, 6.45) is 1.17. The molecule has 5 heteroatoms. The fourth-order valence-electron chi connectivity index (χ4n) is 6.36. The Bertz CT molecular complexity index is 1870. The van der Waals surface area contributed by atoms with Crippen molar-refractivity contribution < 1.29 is 30.0 Å². The number of ketones is 1. The predicted molar refractivity (Wildman–Crippen MR) is 174 cm³/mol. The first kappa shape index (κ1) is 31.8. The van der Waals surface area contributed by atoms with Crippen molar-refractivity contribution in [2.75, 3.05) is 0 Å². The van der Waals surface area contributed by atoms with E-state index < -0.39 is 0 Å². The van der Waals surface area contributed by atoms with Gasteiger partial charge in [0.15, 0.2) is 5.78 Å². The summed E-state index contributed by atoms with van der Waals surface area (Å²) in [5.74, 6) is 0.458. The van der Waals surface area contributed by atoms with Gasteiger partial charge in [-0.15, -0.1) is 40.7 Å². The summed E-state index contributed by atoms with van der Waals surface area (Å²) in [5, 5.41) is 11.0. The van der Waals surface area contributed by atoms with Crippen LogP contribution < -0.4 is 0 Å². The van der Waals surface area contributed by atoms with E-state index in [1.54, 1.807) is 0 Å². The third-order valence-electron chi connectivity index (χ3n) is 7.99. The van der Waals surface area contributed by atoms with Crippen molar-refractivity contribution in [1.82, 2.24) is 4.98 Å². The van der Waals surface area contributed by atoms with Gasteiger partial charge in [0.1, 0.15) is 0 Å². The molecule has 42 heavy (non-hydrogen) atoms. The van der Waals surface area contributed by atoms with Crippen molar-refractivity contribution in [3.8, 4) is 21.7 Å². The van der Waals surface area contributed by atoms with Gasteiger partial charge < -0.3 is 5.11 Å². The first-order valence-electron chi connectivity index (χ1n) is 14.2. The van der Waals surface area contributed by atoms with Crippen molar-refractivity contribution in [1.29, 1.82) is 0 Å². The van der Waals surface area contributed by atoms with E-state index in [0.29, 0.717) is 5.92 Å². The maximum atomic E-state index is 10.0. The third kappa shape index (κ3) is 5.63. The number of aromatic nitrogens is 1. The van der Waals surface area contributed by atoms with Crippen molar-refractivity contribution in [3.63, 3.8) is 0 Å². The molecule has 0 saturated heterocycles. The second-order valence-electron chi connectivity index (χ2n) is 12.2. The van der Waals surface area contributed by atoms with Gasteiger partial charge in [0.05, 0.1) is 11.3 Å². The Labute approximate surface area is 267 Å².